The molecule has 0 spiro atoms. The topological polar surface area (TPSA) is 82.4 Å². The molecule has 0 saturated carbocycles. The summed E-state index contributed by atoms with van der Waals surface area (Å²) in [6, 6.07) is 2.82. The van der Waals surface area contributed by atoms with Crippen LogP contribution in [0.2, 0.25) is 0 Å². The van der Waals surface area contributed by atoms with E-state index >= 15 is 0 Å². The summed E-state index contributed by atoms with van der Waals surface area (Å²) in [5.74, 6) is -2.19. The van der Waals surface area contributed by atoms with E-state index < -0.39 is 25.4 Å². The van der Waals surface area contributed by atoms with Gasteiger partial charge >= 0.3 is 13.0 Å². The minimum atomic E-state index is -1.22. The highest BCUT2D eigenvalue weighted by Crippen LogP contribution is 2.18. The van der Waals surface area contributed by atoms with Crippen molar-refractivity contribution in [1.29, 1.82) is 0 Å². The van der Waals surface area contributed by atoms with Gasteiger partial charge in [0.25, 0.3) is 0 Å². The summed E-state index contributed by atoms with van der Waals surface area (Å²) in [6.45, 7) is -0.643. The third-order valence-electron chi connectivity index (χ3n) is 2.52. The van der Waals surface area contributed by atoms with Gasteiger partial charge in [0, 0.05) is 12.5 Å². The van der Waals surface area contributed by atoms with Crippen LogP contribution in [0.1, 0.15) is 5.56 Å². The smallest absolute Gasteiger partial charge is 0.469 e. The van der Waals surface area contributed by atoms with Gasteiger partial charge in [0.1, 0.15) is 0 Å². The average Bonchev–Trinajstić information content (AvgIpc) is 2.32. The summed E-state index contributed by atoms with van der Waals surface area (Å²) in [5.41, 5.74) is 0.455. The number of halogens is 1. The van der Waals surface area contributed by atoms with Crippen molar-refractivity contribution in [3.63, 3.8) is 0 Å². The number of rotatable bonds is 3. The fourth-order valence-electron chi connectivity index (χ4n) is 1.62. The molecule has 94 valence electrons. The molecule has 6 nitrogen and oxygen atoms in total. The van der Waals surface area contributed by atoms with Crippen LogP contribution in [0.4, 0.5) is 4.39 Å². The predicted molar refractivity (Wildman–Crippen MR) is 62.5 cm³/mol. The summed E-state index contributed by atoms with van der Waals surface area (Å²) in [6.07, 6.45) is 1.41. The quantitative estimate of drug-likeness (QED) is 0.692. The number of benzene rings is 1. The number of hydrogen-bond acceptors (Lipinski definition) is 5. The van der Waals surface area contributed by atoms with E-state index in [9.17, 15) is 14.2 Å². The minimum absolute atomic E-state index is 0.0235. The van der Waals surface area contributed by atoms with Gasteiger partial charge in [0.05, 0.1) is 6.21 Å². The zero-order valence-electron chi connectivity index (χ0n) is 9.50. The lowest BCUT2D eigenvalue weighted by Crippen LogP contribution is -2.49. The summed E-state index contributed by atoms with van der Waals surface area (Å²) < 4.78 is 18.9. The van der Waals surface area contributed by atoms with Crippen molar-refractivity contribution >= 4 is 24.7 Å². The number of hydrogen-bond donors (Lipinski definition) is 2. The molecule has 0 amide bonds. The molecule has 0 unspecified atom stereocenters. The molecule has 0 bridgehead atoms. The number of carboxylic acids is 1. The second kappa shape index (κ2) is 4.65. The van der Waals surface area contributed by atoms with Crippen LogP contribution in [-0.4, -0.2) is 47.9 Å². The highest BCUT2D eigenvalue weighted by atomic mass is 19.1. The maximum absolute atomic E-state index is 14.1. The van der Waals surface area contributed by atoms with Gasteiger partial charge in [0.2, 0.25) is 0 Å². The molecule has 0 saturated heterocycles. The fraction of sp³-hybridized carbons (Fsp3) is 0.200. The molecule has 1 aliphatic rings. The summed E-state index contributed by atoms with van der Waals surface area (Å²) >= 11 is 0. The first-order valence-corrected chi connectivity index (χ1v) is 5.12. The van der Waals surface area contributed by atoms with Gasteiger partial charge in [-0.3, -0.25) is 0 Å². The molecule has 0 fully saturated rings. The van der Waals surface area contributed by atoms with E-state index in [-0.39, 0.29) is 11.2 Å². The molecule has 2 rings (SSSR count). The number of carbonyl (C=O) groups is 1. The molecular weight excluding hydrogens is 242 g/mol. The molecule has 2 N–H and O–H groups in total. The summed E-state index contributed by atoms with van der Waals surface area (Å²) in [5, 5.41) is 22.1. The van der Waals surface area contributed by atoms with E-state index in [0.29, 0.717) is 5.56 Å². The van der Waals surface area contributed by atoms with E-state index in [1.807, 2.05) is 0 Å². The van der Waals surface area contributed by atoms with Crippen LogP contribution in [0.5, 0.6) is 5.75 Å². The van der Waals surface area contributed by atoms with Gasteiger partial charge in [-0.15, -0.1) is 0 Å². The van der Waals surface area contributed by atoms with E-state index in [4.69, 9.17) is 9.84 Å². The molecule has 8 heteroatoms. The van der Waals surface area contributed by atoms with Crippen LogP contribution < -0.4 is 10.2 Å². The molecule has 0 aromatic heterocycles. The first-order valence-electron chi connectivity index (χ1n) is 5.12. The first kappa shape index (κ1) is 12.4. The van der Waals surface area contributed by atoms with Crippen LogP contribution >= 0.6 is 0 Å². The Bertz CT molecular complexity index is 523. The van der Waals surface area contributed by atoms with Crippen molar-refractivity contribution in [2.75, 3.05) is 13.7 Å². The van der Waals surface area contributed by atoms with Crippen molar-refractivity contribution in [3.8, 4) is 5.75 Å². The zero-order valence-corrected chi connectivity index (χ0v) is 9.50. The van der Waals surface area contributed by atoms with Gasteiger partial charge in [-0.05, 0) is 17.7 Å². The number of nitrogens with zero attached hydrogens (tertiary/aromatic N) is 2. The standard InChI is InChI=1S/C10H10BFN2O4/c1-14-11(17)9-6(4-13-14)2-3-7(10(9)12)18-5-8(15)16/h2-4,17H,5H2,1H3,(H,15,16). The van der Waals surface area contributed by atoms with E-state index in [0.717, 1.165) is 0 Å². The Morgan fingerprint density at radius 2 is 2.33 bits per heavy atom. The van der Waals surface area contributed by atoms with Gasteiger partial charge < -0.3 is 19.8 Å². The summed E-state index contributed by atoms with van der Waals surface area (Å²) in [7, 11) is 0.271. The van der Waals surface area contributed by atoms with Crippen LogP contribution in [0.3, 0.4) is 0 Å². The zero-order chi connectivity index (χ0) is 13.3. The highest BCUT2D eigenvalue weighted by molar-refractivity contribution is 6.65. The molecule has 1 aliphatic heterocycles. The van der Waals surface area contributed by atoms with E-state index in [1.54, 1.807) is 0 Å². The molecule has 18 heavy (non-hydrogen) atoms. The second-order valence-electron chi connectivity index (χ2n) is 3.75. The highest BCUT2D eigenvalue weighted by Gasteiger charge is 2.31. The largest absolute Gasteiger partial charge is 0.479 e. The third kappa shape index (κ3) is 2.14. The molecule has 1 heterocycles. The van der Waals surface area contributed by atoms with Gasteiger partial charge in [-0.25, -0.2) is 9.18 Å². The molecule has 0 aliphatic carbocycles. The fourth-order valence-corrected chi connectivity index (χ4v) is 1.62. The Morgan fingerprint density at radius 3 is 3.00 bits per heavy atom. The lowest BCUT2D eigenvalue weighted by atomic mass is 9.69. The Hall–Kier alpha value is -2.09. The Kier molecular flexibility index (Phi) is 3.20. The van der Waals surface area contributed by atoms with Crippen LogP contribution in [0.15, 0.2) is 17.2 Å². The Labute approximate surface area is 102 Å². The van der Waals surface area contributed by atoms with Crippen molar-refractivity contribution in [1.82, 2.24) is 4.92 Å². The molecule has 0 radical (unpaired) electrons. The van der Waals surface area contributed by atoms with Crippen LogP contribution in [-0.2, 0) is 4.79 Å². The van der Waals surface area contributed by atoms with Gasteiger partial charge in [0.15, 0.2) is 18.2 Å². The first-order chi connectivity index (χ1) is 8.50. The van der Waals surface area contributed by atoms with Crippen molar-refractivity contribution in [2.45, 2.75) is 0 Å². The van der Waals surface area contributed by atoms with Crippen molar-refractivity contribution in [2.24, 2.45) is 5.10 Å². The minimum Gasteiger partial charge on any atom is -0.479 e. The number of ether oxygens (including phenoxy) is 1. The second-order valence-corrected chi connectivity index (χ2v) is 3.75. The normalized spacial score (nSPS) is 13.5. The number of fused-ring (bicyclic) bond motifs is 1. The Balaban J connectivity index is 2.37. The molecule has 1 aromatic carbocycles. The SMILES string of the molecule is CN1N=Cc2ccc(OCC(=O)O)c(F)c2B1O. The van der Waals surface area contributed by atoms with E-state index in [1.165, 1.54) is 30.3 Å². The number of carboxylic acid groups (broad SMARTS) is 1. The number of hydrazone groups is 1. The lowest BCUT2D eigenvalue weighted by molar-refractivity contribution is -0.139. The van der Waals surface area contributed by atoms with Crippen LogP contribution in [0, 0.1) is 5.82 Å². The molecular formula is C10H10BFN2O4. The van der Waals surface area contributed by atoms with Crippen molar-refractivity contribution in [3.05, 3.63) is 23.5 Å². The van der Waals surface area contributed by atoms with Gasteiger partial charge in [-0.2, -0.15) is 5.10 Å². The molecule has 1 aromatic rings. The lowest BCUT2D eigenvalue weighted by Gasteiger charge is -2.23. The third-order valence-corrected chi connectivity index (χ3v) is 2.52. The van der Waals surface area contributed by atoms with Crippen molar-refractivity contribution < 1.29 is 24.1 Å². The van der Waals surface area contributed by atoms with Crippen LogP contribution in [0.25, 0.3) is 0 Å². The predicted octanol–water partition coefficient (Wildman–Crippen LogP) is -0.744. The number of aliphatic carboxylic acids is 1. The molecule has 0 atom stereocenters. The van der Waals surface area contributed by atoms with Gasteiger partial charge in [-0.1, -0.05) is 0 Å². The monoisotopic (exact) mass is 252 g/mol. The summed E-state index contributed by atoms with van der Waals surface area (Å²) in [4.78, 5) is 11.5. The Morgan fingerprint density at radius 1 is 1.61 bits per heavy atom. The maximum atomic E-state index is 14.1. The van der Waals surface area contributed by atoms with E-state index in [2.05, 4.69) is 5.10 Å². The maximum Gasteiger partial charge on any atom is 0.469 e. The average molecular weight is 252 g/mol.